The third kappa shape index (κ3) is 3.67. The fourth-order valence-electron chi connectivity index (χ4n) is 2.09. The number of nitrogens with one attached hydrogen (secondary N) is 1. The molecule has 0 amide bonds. The van der Waals surface area contributed by atoms with Gasteiger partial charge in [0.2, 0.25) is 0 Å². The molecule has 5 heteroatoms. The van der Waals surface area contributed by atoms with Crippen molar-refractivity contribution in [3.8, 4) is 0 Å². The number of rotatable bonds is 5. The molecule has 0 aromatic carbocycles. The van der Waals surface area contributed by atoms with E-state index in [2.05, 4.69) is 49.3 Å². The normalized spacial score (nSPS) is 12.1. The van der Waals surface area contributed by atoms with E-state index in [1.165, 1.54) is 21.1 Å². The monoisotopic (exact) mass is 292 g/mol. The molecule has 2 rings (SSSR count). The summed E-state index contributed by atoms with van der Waals surface area (Å²) in [6, 6.07) is 0. The molecule has 0 saturated heterocycles. The van der Waals surface area contributed by atoms with Gasteiger partial charge in [0.05, 0.1) is 10.7 Å². The molecule has 0 bridgehead atoms. The zero-order valence-electron chi connectivity index (χ0n) is 13.0. The fraction of sp³-hybridized carbons (Fsp3) is 0.600. The standard InChI is InChI=1S/C15H24N4S/c1-6-13-11(10-19(5)18-13)7-16-8-12-9-17-14(20-12)15(2,3)4/h9-10,16H,6-8H2,1-5H3. The smallest absolute Gasteiger partial charge is 0.0981 e. The number of hydrogen-bond acceptors (Lipinski definition) is 4. The second kappa shape index (κ2) is 6.06. The van der Waals surface area contributed by atoms with Crippen LogP contribution in [-0.4, -0.2) is 14.8 Å². The molecule has 1 N–H and O–H groups in total. The minimum Gasteiger partial charge on any atom is -0.308 e. The first-order valence-corrected chi connectivity index (χ1v) is 7.89. The van der Waals surface area contributed by atoms with Crippen molar-refractivity contribution in [3.63, 3.8) is 0 Å². The van der Waals surface area contributed by atoms with Gasteiger partial charge in [0.25, 0.3) is 0 Å². The van der Waals surface area contributed by atoms with Crippen molar-refractivity contribution < 1.29 is 0 Å². The van der Waals surface area contributed by atoms with Crippen LogP contribution >= 0.6 is 11.3 Å². The van der Waals surface area contributed by atoms with Gasteiger partial charge in [-0.15, -0.1) is 11.3 Å². The van der Waals surface area contributed by atoms with Gasteiger partial charge in [0.1, 0.15) is 0 Å². The topological polar surface area (TPSA) is 42.7 Å². The highest BCUT2D eigenvalue weighted by Gasteiger charge is 2.17. The SMILES string of the molecule is CCc1nn(C)cc1CNCc1cnc(C(C)(C)C)s1. The Morgan fingerprint density at radius 2 is 2.05 bits per heavy atom. The van der Waals surface area contributed by atoms with Gasteiger partial charge < -0.3 is 5.32 Å². The molecular weight excluding hydrogens is 268 g/mol. The van der Waals surface area contributed by atoms with Gasteiger partial charge in [-0.25, -0.2) is 4.98 Å². The highest BCUT2D eigenvalue weighted by atomic mass is 32.1. The second-order valence-electron chi connectivity index (χ2n) is 6.11. The Balaban J connectivity index is 1.91. The number of aromatic nitrogens is 3. The molecule has 20 heavy (non-hydrogen) atoms. The Morgan fingerprint density at radius 1 is 1.30 bits per heavy atom. The molecule has 2 aromatic heterocycles. The summed E-state index contributed by atoms with van der Waals surface area (Å²) in [4.78, 5) is 5.80. The van der Waals surface area contributed by atoms with Crippen molar-refractivity contribution in [2.24, 2.45) is 7.05 Å². The first-order chi connectivity index (χ1) is 9.40. The summed E-state index contributed by atoms with van der Waals surface area (Å²) in [5, 5.41) is 9.14. The first-order valence-electron chi connectivity index (χ1n) is 7.07. The molecule has 2 heterocycles. The molecule has 0 atom stereocenters. The Bertz CT molecular complexity index is 563. The van der Waals surface area contributed by atoms with E-state index in [-0.39, 0.29) is 5.41 Å². The summed E-state index contributed by atoms with van der Waals surface area (Å²) in [5.41, 5.74) is 2.61. The summed E-state index contributed by atoms with van der Waals surface area (Å²) in [7, 11) is 1.97. The highest BCUT2D eigenvalue weighted by Crippen LogP contribution is 2.26. The minimum atomic E-state index is 0.141. The Kier molecular flexibility index (Phi) is 4.60. The molecule has 0 fully saturated rings. The van der Waals surface area contributed by atoms with Crippen LogP contribution in [0.4, 0.5) is 0 Å². The molecule has 0 aliphatic carbocycles. The van der Waals surface area contributed by atoms with Crippen LogP contribution < -0.4 is 5.32 Å². The van der Waals surface area contributed by atoms with E-state index >= 15 is 0 Å². The van der Waals surface area contributed by atoms with Crippen LogP contribution in [0.5, 0.6) is 0 Å². The lowest BCUT2D eigenvalue weighted by Gasteiger charge is -2.13. The molecular formula is C15H24N4S. The second-order valence-corrected chi connectivity index (χ2v) is 7.23. The van der Waals surface area contributed by atoms with Crippen LogP contribution in [0.25, 0.3) is 0 Å². The van der Waals surface area contributed by atoms with E-state index < -0.39 is 0 Å². The fourth-order valence-corrected chi connectivity index (χ4v) is 3.02. The maximum atomic E-state index is 4.51. The van der Waals surface area contributed by atoms with Gasteiger partial charge in [-0.1, -0.05) is 27.7 Å². The molecule has 4 nitrogen and oxygen atoms in total. The first kappa shape index (κ1) is 15.2. The van der Waals surface area contributed by atoms with E-state index in [4.69, 9.17) is 0 Å². The van der Waals surface area contributed by atoms with Crippen molar-refractivity contribution >= 4 is 11.3 Å². The molecule has 0 unspecified atom stereocenters. The summed E-state index contributed by atoms with van der Waals surface area (Å²) in [6.45, 7) is 10.5. The predicted octanol–water partition coefficient (Wildman–Crippen LogP) is 3.03. The number of nitrogens with zero attached hydrogens (tertiary/aromatic N) is 3. The van der Waals surface area contributed by atoms with E-state index in [1.807, 2.05) is 17.9 Å². The minimum absolute atomic E-state index is 0.141. The molecule has 0 spiro atoms. The van der Waals surface area contributed by atoms with Crippen molar-refractivity contribution in [3.05, 3.63) is 33.5 Å². The molecule has 110 valence electrons. The van der Waals surface area contributed by atoms with Crippen LogP contribution in [-0.2, 0) is 32.0 Å². The van der Waals surface area contributed by atoms with Gasteiger partial charge in [-0.3, -0.25) is 4.68 Å². The third-order valence-corrected chi connectivity index (χ3v) is 4.56. The molecule has 2 aromatic rings. The molecule has 0 radical (unpaired) electrons. The Hall–Kier alpha value is -1.20. The summed E-state index contributed by atoms with van der Waals surface area (Å²) in [6.07, 6.45) is 5.06. The van der Waals surface area contributed by atoms with Gasteiger partial charge in [-0.05, 0) is 6.42 Å². The largest absolute Gasteiger partial charge is 0.308 e. The summed E-state index contributed by atoms with van der Waals surface area (Å²) < 4.78 is 1.89. The van der Waals surface area contributed by atoms with Gasteiger partial charge in [0.15, 0.2) is 0 Å². The average Bonchev–Trinajstić information content (AvgIpc) is 2.95. The van der Waals surface area contributed by atoms with E-state index in [0.717, 1.165) is 19.5 Å². The van der Waals surface area contributed by atoms with Crippen molar-refractivity contribution in [2.45, 2.75) is 52.6 Å². The Morgan fingerprint density at radius 3 is 2.65 bits per heavy atom. The maximum absolute atomic E-state index is 4.51. The highest BCUT2D eigenvalue weighted by molar-refractivity contribution is 7.11. The van der Waals surface area contributed by atoms with Crippen LogP contribution in [0.3, 0.4) is 0 Å². The zero-order chi connectivity index (χ0) is 14.8. The summed E-state index contributed by atoms with van der Waals surface area (Å²) >= 11 is 1.80. The predicted molar refractivity (Wildman–Crippen MR) is 83.9 cm³/mol. The number of hydrogen-bond donors (Lipinski definition) is 1. The average molecular weight is 292 g/mol. The quantitative estimate of drug-likeness (QED) is 0.921. The Labute approximate surface area is 125 Å². The number of aryl methyl sites for hydroxylation is 2. The molecule has 0 saturated carbocycles. The van der Waals surface area contributed by atoms with Gasteiger partial charge in [-0.2, -0.15) is 5.10 Å². The summed E-state index contributed by atoms with van der Waals surface area (Å²) in [5.74, 6) is 0. The van der Waals surface area contributed by atoms with Crippen molar-refractivity contribution in [1.29, 1.82) is 0 Å². The van der Waals surface area contributed by atoms with Crippen LogP contribution in [0.2, 0.25) is 0 Å². The van der Waals surface area contributed by atoms with Gasteiger partial charge in [0, 0.05) is 48.4 Å². The van der Waals surface area contributed by atoms with Crippen LogP contribution in [0.15, 0.2) is 12.4 Å². The maximum Gasteiger partial charge on any atom is 0.0981 e. The van der Waals surface area contributed by atoms with Crippen LogP contribution in [0, 0.1) is 0 Å². The molecule has 0 aliphatic heterocycles. The van der Waals surface area contributed by atoms with Crippen LogP contribution in [0.1, 0.15) is 48.8 Å². The number of thiazole rings is 1. The lowest BCUT2D eigenvalue weighted by molar-refractivity contribution is 0.585. The lowest BCUT2D eigenvalue weighted by atomic mass is 9.98. The van der Waals surface area contributed by atoms with E-state index in [0.29, 0.717) is 0 Å². The third-order valence-electron chi connectivity index (χ3n) is 3.14. The van der Waals surface area contributed by atoms with E-state index in [9.17, 15) is 0 Å². The van der Waals surface area contributed by atoms with Crippen molar-refractivity contribution in [2.75, 3.05) is 0 Å². The zero-order valence-corrected chi connectivity index (χ0v) is 13.8. The van der Waals surface area contributed by atoms with Gasteiger partial charge >= 0.3 is 0 Å². The molecule has 0 aliphatic rings. The lowest BCUT2D eigenvalue weighted by Crippen LogP contribution is -2.12. The van der Waals surface area contributed by atoms with E-state index in [1.54, 1.807) is 11.3 Å². The van der Waals surface area contributed by atoms with Crippen molar-refractivity contribution in [1.82, 2.24) is 20.1 Å².